The summed E-state index contributed by atoms with van der Waals surface area (Å²) in [6, 6.07) is 3.46. The van der Waals surface area contributed by atoms with E-state index in [0.717, 1.165) is 12.8 Å². The van der Waals surface area contributed by atoms with Gasteiger partial charge in [0.2, 0.25) is 5.91 Å². The molecule has 1 amide bonds. The number of anilines is 1. The SMILES string of the molecule is Cc1nnnn1-c1ccc(F)c(NC(=O)CN2CCCCC2C(=O)O)c1.Cl. The molecular weight excluding hydrogens is 379 g/mol. The summed E-state index contributed by atoms with van der Waals surface area (Å²) in [5, 5.41) is 22.9. The number of carboxylic acids is 1. The second-order valence-corrected chi connectivity index (χ2v) is 6.17. The Hall–Kier alpha value is -2.59. The summed E-state index contributed by atoms with van der Waals surface area (Å²) in [4.78, 5) is 25.2. The van der Waals surface area contributed by atoms with Gasteiger partial charge in [0, 0.05) is 0 Å². The van der Waals surface area contributed by atoms with E-state index in [1.807, 2.05) is 0 Å². The number of aliphatic carboxylic acids is 1. The Labute approximate surface area is 160 Å². The van der Waals surface area contributed by atoms with Crippen LogP contribution >= 0.6 is 12.4 Å². The highest BCUT2D eigenvalue weighted by atomic mass is 35.5. The number of carboxylic acid groups (broad SMARTS) is 1. The number of rotatable bonds is 5. The van der Waals surface area contributed by atoms with Gasteiger partial charge in [0.25, 0.3) is 0 Å². The molecule has 1 aliphatic rings. The van der Waals surface area contributed by atoms with E-state index in [2.05, 4.69) is 20.8 Å². The quantitative estimate of drug-likeness (QED) is 0.782. The van der Waals surface area contributed by atoms with Crippen molar-refractivity contribution in [1.82, 2.24) is 25.1 Å². The average Bonchev–Trinajstić information content (AvgIpc) is 3.03. The van der Waals surface area contributed by atoms with Crippen LogP contribution in [0.2, 0.25) is 0 Å². The van der Waals surface area contributed by atoms with Crippen molar-refractivity contribution in [1.29, 1.82) is 0 Å². The number of nitrogens with one attached hydrogen (secondary N) is 1. The highest BCUT2D eigenvalue weighted by molar-refractivity contribution is 5.93. The Balaban J connectivity index is 0.00000261. The van der Waals surface area contributed by atoms with Crippen molar-refractivity contribution in [3.63, 3.8) is 0 Å². The minimum Gasteiger partial charge on any atom is -0.480 e. The molecule has 1 atom stereocenters. The van der Waals surface area contributed by atoms with Crippen molar-refractivity contribution < 1.29 is 19.1 Å². The third-order valence-electron chi connectivity index (χ3n) is 4.34. The second kappa shape index (κ2) is 8.87. The van der Waals surface area contributed by atoms with Crippen LogP contribution in [0.1, 0.15) is 25.1 Å². The van der Waals surface area contributed by atoms with E-state index in [0.29, 0.717) is 24.5 Å². The molecule has 9 nitrogen and oxygen atoms in total. The number of tetrazole rings is 1. The summed E-state index contributed by atoms with van der Waals surface area (Å²) in [5.41, 5.74) is 0.497. The molecular formula is C16H20ClFN6O3. The molecule has 2 aromatic rings. The Morgan fingerprint density at radius 3 is 2.81 bits per heavy atom. The Bertz CT molecular complexity index is 830. The standard InChI is InChI=1S/C16H19FN6O3.ClH/c1-10-19-20-21-23(10)11-5-6-12(17)13(8-11)18-15(24)9-22-7-3-2-4-14(22)16(25)26;/h5-6,8,14H,2-4,7,9H2,1H3,(H,18,24)(H,25,26);1H. The first kappa shape index (κ1) is 20.7. The molecule has 27 heavy (non-hydrogen) atoms. The molecule has 1 unspecified atom stereocenters. The van der Waals surface area contributed by atoms with Gasteiger partial charge in [-0.2, -0.15) is 4.68 Å². The zero-order chi connectivity index (χ0) is 18.7. The summed E-state index contributed by atoms with van der Waals surface area (Å²) in [5.74, 6) is -1.49. The van der Waals surface area contributed by atoms with Gasteiger partial charge in [-0.1, -0.05) is 6.42 Å². The molecule has 0 bridgehead atoms. The number of amides is 1. The molecule has 1 aliphatic heterocycles. The summed E-state index contributed by atoms with van der Waals surface area (Å²) in [6.07, 6.45) is 2.15. The number of nitrogens with zero attached hydrogens (tertiary/aromatic N) is 5. The van der Waals surface area contributed by atoms with Crippen LogP contribution in [-0.2, 0) is 9.59 Å². The normalized spacial score (nSPS) is 17.2. The van der Waals surface area contributed by atoms with Crippen molar-refractivity contribution in [2.75, 3.05) is 18.4 Å². The van der Waals surface area contributed by atoms with Gasteiger partial charge in [0.1, 0.15) is 11.9 Å². The lowest BCUT2D eigenvalue weighted by atomic mass is 10.0. The molecule has 146 valence electrons. The van der Waals surface area contributed by atoms with Gasteiger partial charge in [-0.05, 0) is 54.9 Å². The molecule has 0 aliphatic carbocycles. The van der Waals surface area contributed by atoms with Gasteiger partial charge in [0.05, 0.1) is 17.9 Å². The molecule has 1 aromatic carbocycles. The summed E-state index contributed by atoms with van der Waals surface area (Å²) >= 11 is 0. The van der Waals surface area contributed by atoms with E-state index in [4.69, 9.17) is 0 Å². The molecule has 0 spiro atoms. The summed E-state index contributed by atoms with van der Waals surface area (Å²) in [7, 11) is 0. The average molecular weight is 399 g/mol. The number of benzene rings is 1. The number of aromatic nitrogens is 4. The zero-order valence-corrected chi connectivity index (χ0v) is 15.4. The molecule has 1 saturated heterocycles. The van der Waals surface area contributed by atoms with E-state index >= 15 is 0 Å². The third-order valence-corrected chi connectivity index (χ3v) is 4.34. The fraction of sp³-hybridized carbons (Fsp3) is 0.438. The van der Waals surface area contributed by atoms with E-state index in [9.17, 15) is 19.1 Å². The van der Waals surface area contributed by atoms with Crippen LogP contribution in [-0.4, -0.2) is 61.2 Å². The lowest BCUT2D eigenvalue weighted by Gasteiger charge is -2.32. The molecule has 11 heteroatoms. The largest absolute Gasteiger partial charge is 0.480 e. The number of halogens is 2. The fourth-order valence-electron chi connectivity index (χ4n) is 3.05. The topological polar surface area (TPSA) is 113 Å². The van der Waals surface area contributed by atoms with E-state index in [1.165, 1.54) is 22.9 Å². The molecule has 2 N–H and O–H groups in total. The highest BCUT2D eigenvalue weighted by Gasteiger charge is 2.29. The Morgan fingerprint density at radius 2 is 2.15 bits per heavy atom. The van der Waals surface area contributed by atoms with Crippen LogP contribution in [0.4, 0.5) is 10.1 Å². The number of carbonyl (C=O) groups excluding carboxylic acids is 1. The maximum atomic E-state index is 14.1. The summed E-state index contributed by atoms with van der Waals surface area (Å²) in [6.45, 7) is 2.12. The highest BCUT2D eigenvalue weighted by Crippen LogP contribution is 2.20. The van der Waals surface area contributed by atoms with Crippen LogP contribution in [0.3, 0.4) is 0 Å². The van der Waals surface area contributed by atoms with Gasteiger partial charge >= 0.3 is 5.97 Å². The minimum atomic E-state index is -0.945. The summed E-state index contributed by atoms with van der Waals surface area (Å²) < 4.78 is 15.5. The third kappa shape index (κ3) is 4.77. The van der Waals surface area contributed by atoms with Gasteiger partial charge in [0.15, 0.2) is 5.82 Å². The smallest absolute Gasteiger partial charge is 0.320 e. The number of hydrogen-bond acceptors (Lipinski definition) is 6. The van der Waals surface area contributed by atoms with Crippen molar-refractivity contribution >= 4 is 30.0 Å². The molecule has 0 saturated carbocycles. The van der Waals surface area contributed by atoms with Crippen LogP contribution < -0.4 is 5.32 Å². The monoisotopic (exact) mass is 398 g/mol. The zero-order valence-electron chi connectivity index (χ0n) is 14.6. The van der Waals surface area contributed by atoms with Crippen LogP contribution in [0, 0.1) is 12.7 Å². The number of likely N-dealkylation sites (tertiary alicyclic amines) is 1. The maximum Gasteiger partial charge on any atom is 0.320 e. The van der Waals surface area contributed by atoms with Crippen LogP contribution in [0.15, 0.2) is 18.2 Å². The number of carbonyl (C=O) groups is 2. The van der Waals surface area contributed by atoms with E-state index in [-0.39, 0.29) is 24.6 Å². The molecule has 3 rings (SSSR count). The van der Waals surface area contributed by atoms with Crippen molar-refractivity contribution in [2.45, 2.75) is 32.2 Å². The van der Waals surface area contributed by atoms with Gasteiger partial charge < -0.3 is 10.4 Å². The first-order valence-electron chi connectivity index (χ1n) is 8.27. The van der Waals surface area contributed by atoms with Crippen molar-refractivity contribution in [3.8, 4) is 5.69 Å². The first-order valence-corrected chi connectivity index (χ1v) is 8.27. The first-order chi connectivity index (χ1) is 12.5. The van der Waals surface area contributed by atoms with Crippen LogP contribution in [0.25, 0.3) is 5.69 Å². The Morgan fingerprint density at radius 1 is 1.37 bits per heavy atom. The lowest BCUT2D eigenvalue weighted by molar-refractivity contribution is -0.145. The lowest BCUT2D eigenvalue weighted by Crippen LogP contribution is -2.47. The van der Waals surface area contributed by atoms with E-state index in [1.54, 1.807) is 11.8 Å². The second-order valence-electron chi connectivity index (χ2n) is 6.17. The molecule has 1 fully saturated rings. The Kier molecular flexibility index (Phi) is 6.81. The number of piperidine rings is 1. The number of aryl methyl sites for hydroxylation is 1. The van der Waals surface area contributed by atoms with Gasteiger partial charge in [-0.25, -0.2) is 4.39 Å². The minimum absolute atomic E-state index is 0. The fourth-order valence-corrected chi connectivity index (χ4v) is 3.05. The predicted molar refractivity (Wildman–Crippen MR) is 96.6 cm³/mol. The molecule has 2 heterocycles. The van der Waals surface area contributed by atoms with E-state index < -0.39 is 23.7 Å². The van der Waals surface area contributed by atoms with Crippen LogP contribution in [0.5, 0.6) is 0 Å². The number of hydrogen-bond donors (Lipinski definition) is 2. The predicted octanol–water partition coefficient (Wildman–Crippen LogP) is 1.41. The van der Waals surface area contributed by atoms with Crippen molar-refractivity contribution in [2.24, 2.45) is 0 Å². The van der Waals surface area contributed by atoms with Gasteiger partial charge in [-0.15, -0.1) is 17.5 Å². The molecule has 1 aromatic heterocycles. The maximum absolute atomic E-state index is 14.1. The molecule has 0 radical (unpaired) electrons. The van der Waals surface area contributed by atoms with Crippen molar-refractivity contribution in [3.05, 3.63) is 29.8 Å². The van der Waals surface area contributed by atoms with Gasteiger partial charge in [-0.3, -0.25) is 14.5 Å².